The molecule has 1 heterocycles. The molecule has 0 spiro atoms. The van der Waals surface area contributed by atoms with Crippen LogP contribution in [-0.4, -0.2) is 41.8 Å². The molecule has 0 bridgehead atoms. The number of carbonyl (C=O) groups is 2. The van der Waals surface area contributed by atoms with E-state index < -0.39 is 5.60 Å². The molecule has 5 nitrogen and oxygen atoms in total. The van der Waals surface area contributed by atoms with Gasteiger partial charge in [0.05, 0.1) is 6.42 Å². The molecule has 1 fully saturated rings. The minimum atomic E-state index is -0.525. The van der Waals surface area contributed by atoms with E-state index in [4.69, 9.17) is 9.47 Å². The summed E-state index contributed by atoms with van der Waals surface area (Å²) in [5, 5.41) is 0. The van der Waals surface area contributed by atoms with E-state index in [-0.39, 0.29) is 31.1 Å². The fourth-order valence-corrected chi connectivity index (χ4v) is 2.18. The molecule has 1 amide bonds. The minimum absolute atomic E-state index is 0.129. The summed E-state index contributed by atoms with van der Waals surface area (Å²) >= 11 is 0. The van der Waals surface area contributed by atoms with Gasteiger partial charge in [0, 0.05) is 12.6 Å². The first-order chi connectivity index (χ1) is 9.33. The molecule has 1 atom stereocenters. The van der Waals surface area contributed by atoms with Crippen LogP contribution in [0, 0.1) is 0 Å². The Bertz CT molecular complexity index is 359. The quantitative estimate of drug-likeness (QED) is 0.588. The van der Waals surface area contributed by atoms with Crippen molar-refractivity contribution >= 4 is 12.1 Å². The molecule has 5 heteroatoms. The highest BCUT2D eigenvalue weighted by Crippen LogP contribution is 2.22. The van der Waals surface area contributed by atoms with Crippen molar-refractivity contribution in [1.29, 1.82) is 0 Å². The van der Waals surface area contributed by atoms with Crippen molar-refractivity contribution in [2.24, 2.45) is 0 Å². The predicted molar refractivity (Wildman–Crippen MR) is 76.4 cm³/mol. The summed E-state index contributed by atoms with van der Waals surface area (Å²) in [6.45, 7) is 9.85. The molecular weight excluding hydrogens is 258 g/mol. The van der Waals surface area contributed by atoms with Gasteiger partial charge in [0.2, 0.25) is 0 Å². The second-order valence-electron chi connectivity index (χ2n) is 6.00. The summed E-state index contributed by atoms with van der Waals surface area (Å²) in [4.78, 5) is 25.5. The molecule has 0 radical (unpaired) electrons. The summed E-state index contributed by atoms with van der Waals surface area (Å²) in [6.07, 6.45) is 4.16. The Kier molecular flexibility index (Phi) is 6.05. The average molecular weight is 283 g/mol. The van der Waals surface area contributed by atoms with Crippen LogP contribution >= 0.6 is 0 Å². The van der Waals surface area contributed by atoms with Crippen LogP contribution in [0.5, 0.6) is 0 Å². The molecule has 0 aliphatic carbocycles. The van der Waals surface area contributed by atoms with E-state index in [0.717, 1.165) is 19.3 Å². The van der Waals surface area contributed by atoms with Gasteiger partial charge in [0.15, 0.2) is 0 Å². The molecular formula is C15H25NO4. The highest BCUT2D eigenvalue weighted by atomic mass is 16.6. The van der Waals surface area contributed by atoms with E-state index in [1.807, 2.05) is 20.8 Å². The van der Waals surface area contributed by atoms with Crippen LogP contribution in [0.4, 0.5) is 4.79 Å². The third-order valence-corrected chi connectivity index (χ3v) is 3.02. The van der Waals surface area contributed by atoms with E-state index >= 15 is 0 Å². The number of likely N-dealkylation sites (tertiary alicyclic amines) is 1. The third-order valence-electron chi connectivity index (χ3n) is 3.02. The maximum Gasteiger partial charge on any atom is 0.410 e. The fraction of sp³-hybridized carbons (Fsp3) is 0.733. The van der Waals surface area contributed by atoms with Gasteiger partial charge in [-0.1, -0.05) is 12.7 Å². The highest BCUT2D eigenvalue weighted by molar-refractivity contribution is 5.73. The first-order valence-corrected chi connectivity index (χ1v) is 7.09. The lowest BCUT2D eigenvalue weighted by molar-refractivity contribution is -0.144. The van der Waals surface area contributed by atoms with E-state index in [2.05, 4.69) is 6.58 Å². The van der Waals surface area contributed by atoms with Crippen molar-refractivity contribution in [2.45, 2.75) is 58.1 Å². The van der Waals surface area contributed by atoms with Crippen LogP contribution in [0.3, 0.4) is 0 Å². The smallest absolute Gasteiger partial charge is 0.410 e. The molecule has 0 aromatic carbocycles. The zero-order valence-corrected chi connectivity index (χ0v) is 12.7. The van der Waals surface area contributed by atoms with Crippen LogP contribution in [0.25, 0.3) is 0 Å². The van der Waals surface area contributed by atoms with Crippen molar-refractivity contribution in [3.05, 3.63) is 12.7 Å². The lowest BCUT2D eigenvalue weighted by Crippen LogP contribution is -2.47. The Morgan fingerprint density at radius 1 is 1.35 bits per heavy atom. The number of piperidine rings is 1. The van der Waals surface area contributed by atoms with E-state index in [1.165, 1.54) is 6.08 Å². The number of amides is 1. The van der Waals surface area contributed by atoms with Gasteiger partial charge in [-0.3, -0.25) is 4.79 Å². The monoisotopic (exact) mass is 283 g/mol. The molecule has 1 saturated heterocycles. The Morgan fingerprint density at radius 2 is 2.05 bits per heavy atom. The summed E-state index contributed by atoms with van der Waals surface area (Å²) in [5.74, 6) is -0.301. The molecule has 20 heavy (non-hydrogen) atoms. The fourth-order valence-electron chi connectivity index (χ4n) is 2.18. The Labute approximate surface area is 120 Å². The highest BCUT2D eigenvalue weighted by Gasteiger charge is 2.31. The largest absolute Gasteiger partial charge is 0.461 e. The van der Waals surface area contributed by atoms with Crippen molar-refractivity contribution in [3.63, 3.8) is 0 Å². The first-order valence-electron chi connectivity index (χ1n) is 7.09. The molecule has 1 aliphatic heterocycles. The summed E-state index contributed by atoms with van der Waals surface area (Å²) < 4.78 is 10.4. The molecule has 0 N–H and O–H groups in total. The molecule has 1 rings (SSSR count). The third kappa shape index (κ3) is 5.63. The minimum Gasteiger partial charge on any atom is -0.461 e. The van der Waals surface area contributed by atoms with Crippen LogP contribution in [0.1, 0.15) is 46.5 Å². The van der Waals surface area contributed by atoms with Crippen molar-refractivity contribution in [1.82, 2.24) is 4.90 Å². The normalized spacial score (nSPS) is 19.4. The Morgan fingerprint density at radius 3 is 2.65 bits per heavy atom. The van der Waals surface area contributed by atoms with E-state index in [1.54, 1.807) is 4.90 Å². The SMILES string of the molecule is C=CCOC(=O)C[C@@H]1CCCCN1C(=O)OC(C)(C)C. The van der Waals surface area contributed by atoms with E-state index in [9.17, 15) is 9.59 Å². The van der Waals surface area contributed by atoms with Crippen molar-refractivity contribution in [2.75, 3.05) is 13.2 Å². The van der Waals surface area contributed by atoms with Gasteiger partial charge in [-0.05, 0) is 40.0 Å². The number of hydrogen-bond donors (Lipinski definition) is 0. The van der Waals surface area contributed by atoms with Gasteiger partial charge >= 0.3 is 12.1 Å². The lowest BCUT2D eigenvalue weighted by Gasteiger charge is -2.36. The zero-order valence-electron chi connectivity index (χ0n) is 12.7. The standard InChI is InChI=1S/C15H25NO4/c1-5-10-19-13(17)11-12-8-6-7-9-16(12)14(18)20-15(2,3)4/h5,12H,1,6-11H2,2-4H3/t12-/m0/s1. The molecule has 0 saturated carbocycles. The Hall–Kier alpha value is -1.52. The first kappa shape index (κ1) is 16.5. The van der Waals surface area contributed by atoms with Gasteiger partial charge < -0.3 is 14.4 Å². The van der Waals surface area contributed by atoms with Crippen LogP contribution in [0.2, 0.25) is 0 Å². The Balaban J connectivity index is 2.59. The summed E-state index contributed by atoms with van der Waals surface area (Å²) in [7, 11) is 0. The van der Waals surface area contributed by atoms with Crippen LogP contribution < -0.4 is 0 Å². The number of hydrogen-bond acceptors (Lipinski definition) is 4. The van der Waals surface area contributed by atoms with E-state index in [0.29, 0.717) is 6.54 Å². The van der Waals surface area contributed by atoms with Gasteiger partial charge in [0.25, 0.3) is 0 Å². The molecule has 1 aliphatic rings. The van der Waals surface area contributed by atoms with Gasteiger partial charge in [-0.2, -0.15) is 0 Å². The molecule has 0 unspecified atom stereocenters. The van der Waals surface area contributed by atoms with Gasteiger partial charge in [-0.15, -0.1) is 0 Å². The number of ether oxygens (including phenoxy) is 2. The average Bonchev–Trinajstić information content (AvgIpc) is 2.35. The number of esters is 1. The second kappa shape index (κ2) is 7.31. The number of nitrogens with zero attached hydrogens (tertiary/aromatic N) is 1. The van der Waals surface area contributed by atoms with Crippen molar-refractivity contribution < 1.29 is 19.1 Å². The summed E-state index contributed by atoms with van der Waals surface area (Å²) in [6, 6.07) is -0.129. The van der Waals surface area contributed by atoms with Crippen molar-refractivity contribution in [3.8, 4) is 0 Å². The molecule has 0 aromatic heterocycles. The topological polar surface area (TPSA) is 55.8 Å². The van der Waals surface area contributed by atoms with Crippen LogP contribution in [0.15, 0.2) is 12.7 Å². The number of carbonyl (C=O) groups excluding carboxylic acids is 2. The number of rotatable bonds is 4. The summed E-state index contributed by atoms with van der Waals surface area (Å²) in [5.41, 5.74) is -0.525. The van der Waals surface area contributed by atoms with Gasteiger partial charge in [0.1, 0.15) is 12.2 Å². The van der Waals surface area contributed by atoms with Crippen LogP contribution in [-0.2, 0) is 14.3 Å². The molecule has 0 aromatic rings. The zero-order chi connectivity index (χ0) is 15.2. The second-order valence-corrected chi connectivity index (χ2v) is 6.00. The maximum atomic E-state index is 12.2. The van der Waals surface area contributed by atoms with Gasteiger partial charge in [-0.25, -0.2) is 4.79 Å². The predicted octanol–water partition coefficient (Wildman–Crippen LogP) is 2.90. The maximum absolute atomic E-state index is 12.2. The molecule has 114 valence electrons. The lowest BCUT2D eigenvalue weighted by atomic mass is 10.00.